The number of thioether (sulfide) groups is 1. The maximum Gasteiger partial charge on any atom is 0.221 e. The number of rotatable bonds is 6. The van der Waals surface area contributed by atoms with Crippen LogP contribution in [0, 0.1) is 11.3 Å². The van der Waals surface area contributed by atoms with Crippen LogP contribution in [0.4, 0.5) is 5.69 Å². The lowest BCUT2D eigenvalue weighted by Crippen LogP contribution is -2.26. The highest BCUT2D eigenvalue weighted by Gasteiger charge is 2.12. The van der Waals surface area contributed by atoms with Crippen molar-refractivity contribution in [3.63, 3.8) is 0 Å². The molecule has 1 rings (SSSR count). The van der Waals surface area contributed by atoms with Crippen LogP contribution in [0.25, 0.3) is 0 Å². The zero-order valence-corrected chi connectivity index (χ0v) is 12.4. The molecule has 4 nitrogen and oxygen atoms in total. The maximum absolute atomic E-state index is 11.3. The summed E-state index contributed by atoms with van der Waals surface area (Å²) in [7, 11) is 3.53. The van der Waals surface area contributed by atoms with Crippen molar-refractivity contribution in [3.05, 3.63) is 23.8 Å². The first kappa shape index (κ1) is 15.4. The van der Waals surface area contributed by atoms with Crippen molar-refractivity contribution in [1.29, 1.82) is 5.26 Å². The van der Waals surface area contributed by atoms with Crippen LogP contribution in [0.15, 0.2) is 23.1 Å². The van der Waals surface area contributed by atoms with Gasteiger partial charge in [0.2, 0.25) is 5.91 Å². The van der Waals surface area contributed by atoms with Gasteiger partial charge in [0.25, 0.3) is 0 Å². The number of anilines is 1. The predicted octanol–water partition coefficient (Wildman–Crippen LogP) is 2.24. The first-order valence-electron chi connectivity index (χ1n) is 6.21. The Bertz CT molecular complexity index is 482. The molecular weight excluding hydrogens is 258 g/mol. The Morgan fingerprint density at radius 1 is 1.53 bits per heavy atom. The van der Waals surface area contributed by atoms with Crippen LogP contribution < -0.4 is 10.2 Å². The number of hydrogen-bond donors (Lipinski definition) is 1. The minimum Gasteiger partial charge on any atom is -0.373 e. The average molecular weight is 277 g/mol. The van der Waals surface area contributed by atoms with Crippen LogP contribution in [0.2, 0.25) is 0 Å². The molecule has 1 amide bonds. The topological polar surface area (TPSA) is 56.1 Å². The van der Waals surface area contributed by atoms with E-state index in [-0.39, 0.29) is 5.91 Å². The summed E-state index contributed by atoms with van der Waals surface area (Å²) in [4.78, 5) is 14.2. The molecule has 0 radical (unpaired) electrons. The lowest BCUT2D eigenvalue weighted by atomic mass is 10.1. The highest BCUT2D eigenvalue weighted by molar-refractivity contribution is 7.99. The van der Waals surface area contributed by atoms with E-state index in [2.05, 4.69) is 18.3 Å². The molecule has 0 spiro atoms. The van der Waals surface area contributed by atoms with Crippen molar-refractivity contribution in [2.24, 2.45) is 0 Å². The Morgan fingerprint density at radius 2 is 2.26 bits per heavy atom. The van der Waals surface area contributed by atoms with E-state index in [1.54, 1.807) is 18.8 Å². The van der Waals surface area contributed by atoms with Gasteiger partial charge in [-0.3, -0.25) is 4.79 Å². The number of nitrogens with one attached hydrogen (secondary N) is 1. The van der Waals surface area contributed by atoms with Crippen molar-refractivity contribution in [2.75, 3.05) is 31.3 Å². The second-order valence-electron chi connectivity index (χ2n) is 4.04. The van der Waals surface area contributed by atoms with Gasteiger partial charge in [0, 0.05) is 32.0 Å². The smallest absolute Gasteiger partial charge is 0.221 e. The number of amides is 1. The lowest BCUT2D eigenvalue weighted by Gasteiger charge is -2.21. The van der Waals surface area contributed by atoms with Gasteiger partial charge in [0.05, 0.1) is 11.3 Å². The summed E-state index contributed by atoms with van der Waals surface area (Å²) in [5.41, 5.74) is 1.57. The fourth-order valence-electron chi connectivity index (χ4n) is 1.74. The number of hydrogen-bond acceptors (Lipinski definition) is 4. The molecular formula is C14H19N3OS. The molecule has 0 aliphatic heterocycles. The van der Waals surface area contributed by atoms with Crippen LogP contribution in [-0.4, -0.2) is 32.3 Å². The zero-order valence-electron chi connectivity index (χ0n) is 11.6. The number of benzene rings is 1. The fourth-order valence-corrected chi connectivity index (χ4v) is 2.52. The van der Waals surface area contributed by atoms with E-state index in [1.165, 1.54) is 0 Å². The fraction of sp³-hybridized carbons (Fsp3) is 0.429. The van der Waals surface area contributed by atoms with Gasteiger partial charge in [-0.05, 0) is 17.9 Å². The van der Waals surface area contributed by atoms with E-state index in [0.717, 1.165) is 16.3 Å². The largest absolute Gasteiger partial charge is 0.373 e. The summed E-state index contributed by atoms with van der Waals surface area (Å²) in [5, 5.41) is 11.9. The molecule has 0 unspecified atom stereocenters. The van der Waals surface area contributed by atoms with E-state index in [4.69, 9.17) is 0 Å². The molecule has 0 fully saturated rings. The van der Waals surface area contributed by atoms with Crippen LogP contribution in [-0.2, 0) is 4.79 Å². The van der Waals surface area contributed by atoms with Crippen molar-refractivity contribution in [3.8, 4) is 6.07 Å². The van der Waals surface area contributed by atoms with Crippen molar-refractivity contribution in [2.45, 2.75) is 18.2 Å². The molecule has 0 aliphatic carbocycles. The number of nitrogens with zero attached hydrogens (tertiary/aromatic N) is 2. The molecule has 0 atom stereocenters. The Balaban J connectivity index is 2.90. The predicted molar refractivity (Wildman–Crippen MR) is 79.5 cm³/mol. The van der Waals surface area contributed by atoms with Gasteiger partial charge in [-0.2, -0.15) is 5.26 Å². The second kappa shape index (κ2) is 7.70. The number of carbonyl (C=O) groups excluding carboxylic acids is 1. The van der Waals surface area contributed by atoms with Crippen molar-refractivity contribution < 1.29 is 4.79 Å². The van der Waals surface area contributed by atoms with Gasteiger partial charge in [-0.1, -0.05) is 13.0 Å². The Labute approximate surface area is 118 Å². The Hall–Kier alpha value is -1.67. The zero-order chi connectivity index (χ0) is 14.3. The average Bonchev–Trinajstić information content (AvgIpc) is 2.44. The quantitative estimate of drug-likeness (QED) is 0.810. The first-order chi connectivity index (χ1) is 9.13. The first-order valence-corrected chi connectivity index (χ1v) is 7.20. The Kier molecular flexibility index (Phi) is 6.23. The molecule has 0 saturated heterocycles. The van der Waals surface area contributed by atoms with Crippen LogP contribution >= 0.6 is 11.8 Å². The molecule has 19 heavy (non-hydrogen) atoms. The van der Waals surface area contributed by atoms with Crippen molar-refractivity contribution in [1.82, 2.24) is 5.32 Å². The van der Waals surface area contributed by atoms with E-state index in [9.17, 15) is 10.1 Å². The summed E-state index contributed by atoms with van der Waals surface area (Å²) < 4.78 is 0. The molecule has 1 N–H and O–H groups in total. The van der Waals surface area contributed by atoms with E-state index >= 15 is 0 Å². The van der Waals surface area contributed by atoms with Gasteiger partial charge in [-0.25, -0.2) is 0 Å². The summed E-state index contributed by atoms with van der Waals surface area (Å²) in [6.45, 7) is 2.66. The van der Waals surface area contributed by atoms with Crippen LogP contribution in [0.3, 0.4) is 0 Å². The van der Waals surface area contributed by atoms with E-state index in [0.29, 0.717) is 18.5 Å². The summed E-state index contributed by atoms with van der Waals surface area (Å²) in [6.07, 6.45) is 0.420. The van der Waals surface area contributed by atoms with Crippen LogP contribution in [0.1, 0.15) is 18.9 Å². The highest BCUT2D eigenvalue weighted by Crippen LogP contribution is 2.29. The number of nitriles is 1. The monoisotopic (exact) mass is 277 g/mol. The third-order valence-electron chi connectivity index (χ3n) is 2.78. The van der Waals surface area contributed by atoms with E-state index < -0.39 is 0 Å². The lowest BCUT2D eigenvalue weighted by molar-refractivity contribution is -0.120. The maximum atomic E-state index is 11.3. The van der Waals surface area contributed by atoms with Crippen molar-refractivity contribution >= 4 is 23.4 Å². The van der Waals surface area contributed by atoms with Gasteiger partial charge in [0.1, 0.15) is 6.07 Å². The third-order valence-corrected chi connectivity index (χ3v) is 3.72. The number of carbonyl (C=O) groups is 1. The molecule has 102 valence electrons. The van der Waals surface area contributed by atoms with Crippen LogP contribution in [0.5, 0.6) is 0 Å². The summed E-state index contributed by atoms with van der Waals surface area (Å²) >= 11 is 1.66. The molecule has 1 aromatic carbocycles. The minimum absolute atomic E-state index is 0.00412. The normalized spacial score (nSPS) is 9.79. The second-order valence-corrected chi connectivity index (χ2v) is 5.35. The third kappa shape index (κ3) is 4.18. The summed E-state index contributed by atoms with van der Waals surface area (Å²) in [6, 6.07) is 8.10. The molecule has 0 aromatic heterocycles. The summed E-state index contributed by atoms with van der Waals surface area (Å²) in [5.74, 6) is 0.935. The van der Waals surface area contributed by atoms with E-state index in [1.807, 2.05) is 30.1 Å². The standard InChI is InChI=1S/C14H19N3OS/c1-4-19-13-7-5-6-12(11(13)10-15)17(3)9-8-14(18)16-2/h5-7H,4,8-9H2,1-3H3,(H,16,18). The Morgan fingerprint density at radius 3 is 2.84 bits per heavy atom. The molecule has 5 heteroatoms. The van der Waals surface area contributed by atoms with Gasteiger partial charge in [-0.15, -0.1) is 11.8 Å². The SMILES string of the molecule is CCSc1cccc(N(C)CCC(=O)NC)c1C#N. The van der Waals surface area contributed by atoms with Gasteiger partial charge < -0.3 is 10.2 Å². The molecule has 0 heterocycles. The molecule has 0 aliphatic rings. The minimum atomic E-state index is 0.00412. The highest BCUT2D eigenvalue weighted by atomic mass is 32.2. The van der Waals surface area contributed by atoms with Gasteiger partial charge >= 0.3 is 0 Å². The molecule has 0 saturated carbocycles. The molecule has 1 aromatic rings. The molecule has 0 bridgehead atoms. The van der Waals surface area contributed by atoms with Gasteiger partial charge in [0.15, 0.2) is 0 Å².